The Labute approximate surface area is 234 Å². The van der Waals surface area contributed by atoms with Crippen LogP contribution in [-0.2, 0) is 13.1 Å². The summed E-state index contributed by atoms with van der Waals surface area (Å²) in [6, 6.07) is 14.0. The molecule has 0 amide bonds. The number of hydrogen-bond acceptors (Lipinski definition) is 8. The summed E-state index contributed by atoms with van der Waals surface area (Å²) in [5, 5.41) is 10.8. The zero-order chi connectivity index (χ0) is 25.8. The number of fused-ring (bicyclic) bond motifs is 2. The number of nitrogens with zero attached hydrogens (tertiary/aromatic N) is 9. The van der Waals surface area contributed by atoms with Crippen LogP contribution in [0.2, 0.25) is 0 Å². The van der Waals surface area contributed by atoms with E-state index in [1.54, 1.807) is 36.1 Å². The van der Waals surface area contributed by atoms with E-state index in [1.165, 1.54) is 4.88 Å². The lowest BCUT2D eigenvalue weighted by molar-refractivity contribution is 0.816. The molecule has 0 unspecified atom stereocenters. The van der Waals surface area contributed by atoms with Gasteiger partial charge in [0.05, 0.1) is 40.1 Å². The molecular formula is C25H23Br2N9S. The molecule has 6 aromatic heterocycles. The van der Waals surface area contributed by atoms with E-state index in [4.69, 9.17) is 0 Å². The van der Waals surface area contributed by atoms with Gasteiger partial charge < -0.3 is 9.80 Å². The summed E-state index contributed by atoms with van der Waals surface area (Å²) in [6.45, 7) is 1.59. The summed E-state index contributed by atoms with van der Waals surface area (Å²) in [6.07, 6.45) is 8.91. The summed E-state index contributed by atoms with van der Waals surface area (Å²) >= 11 is 8.65. The lowest BCUT2D eigenvalue weighted by atomic mass is 10.3. The molecule has 6 aromatic rings. The van der Waals surface area contributed by atoms with Gasteiger partial charge in [0.15, 0.2) is 11.3 Å². The third kappa shape index (κ3) is 5.65. The third-order valence-corrected chi connectivity index (χ3v) is 7.54. The molecule has 0 aliphatic heterocycles. The van der Waals surface area contributed by atoms with Crippen molar-refractivity contribution in [2.45, 2.75) is 13.1 Å². The second-order valence-electron chi connectivity index (χ2n) is 8.17. The van der Waals surface area contributed by atoms with E-state index in [9.17, 15) is 0 Å². The fraction of sp³-hybridized carbons (Fsp3) is 0.160. The van der Waals surface area contributed by atoms with Crippen LogP contribution in [0.15, 0.2) is 87.8 Å². The Hall–Kier alpha value is -3.35. The van der Waals surface area contributed by atoms with Gasteiger partial charge in [0.1, 0.15) is 11.6 Å². The Morgan fingerprint density at radius 3 is 1.89 bits per heavy atom. The molecule has 6 rings (SSSR count). The normalized spacial score (nSPS) is 10.9. The highest BCUT2D eigenvalue weighted by molar-refractivity contribution is 9.11. The van der Waals surface area contributed by atoms with Gasteiger partial charge in [-0.05, 0) is 67.6 Å². The largest absolute Gasteiger partial charge is 0.354 e. The number of aromatic nitrogens is 7. The molecule has 37 heavy (non-hydrogen) atoms. The maximum Gasteiger partial charge on any atom is 0.171 e. The minimum absolute atomic E-state index is 0.720. The maximum absolute atomic E-state index is 4.34. The first-order valence-electron chi connectivity index (χ1n) is 11.3. The van der Waals surface area contributed by atoms with Crippen molar-refractivity contribution in [1.29, 1.82) is 0 Å². The lowest BCUT2D eigenvalue weighted by Gasteiger charge is -2.19. The number of hydrogen-bond donors (Lipinski definition) is 0. The second-order valence-corrected chi connectivity index (χ2v) is 10.9. The van der Waals surface area contributed by atoms with E-state index in [0.29, 0.717) is 0 Å². The van der Waals surface area contributed by atoms with Gasteiger partial charge in [0.2, 0.25) is 0 Å². The Balaban J connectivity index is 0.000000152. The highest BCUT2D eigenvalue weighted by Gasteiger charge is 2.12. The molecule has 0 saturated carbocycles. The number of pyridine rings is 1. The van der Waals surface area contributed by atoms with Crippen molar-refractivity contribution in [1.82, 2.24) is 34.2 Å². The zero-order valence-electron chi connectivity index (χ0n) is 20.1. The van der Waals surface area contributed by atoms with Gasteiger partial charge in [0, 0.05) is 37.6 Å². The van der Waals surface area contributed by atoms with Gasteiger partial charge in [-0.3, -0.25) is 4.98 Å². The summed E-state index contributed by atoms with van der Waals surface area (Å²) in [5.74, 6) is 2.00. The van der Waals surface area contributed by atoms with Crippen molar-refractivity contribution in [3.63, 3.8) is 0 Å². The van der Waals surface area contributed by atoms with Crippen LogP contribution in [0.5, 0.6) is 0 Å². The fourth-order valence-corrected chi connectivity index (χ4v) is 5.29. The SMILES string of the molecule is CN(Cc1ccccn1)c1ccnc2c(Br)cnn12.CN(Cc1cccs1)c1ccnc2c(Br)cnn12. The molecule has 12 heteroatoms. The van der Waals surface area contributed by atoms with Crippen molar-refractivity contribution in [3.05, 3.63) is 98.3 Å². The summed E-state index contributed by atoms with van der Waals surface area (Å²) in [4.78, 5) is 18.5. The Morgan fingerprint density at radius 1 is 0.730 bits per heavy atom. The maximum atomic E-state index is 4.34. The minimum Gasteiger partial charge on any atom is -0.354 e. The Bertz CT molecular complexity index is 1600. The third-order valence-electron chi connectivity index (χ3n) is 5.56. The van der Waals surface area contributed by atoms with Gasteiger partial charge in [0.25, 0.3) is 0 Å². The average molecular weight is 641 g/mol. The topological polar surface area (TPSA) is 79.8 Å². The predicted molar refractivity (Wildman–Crippen MR) is 154 cm³/mol. The molecule has 9 nitrogen and oxygen atoms in total. The molecule has 0 N–H and O–H groups in total. The van der Waals surface area contributed by atoms with Gasteiger partial charge in [-0.25, -0.2) is 9.97 Å². The van der Waals surface area contributed by atoms with Gasteiger partial charge >= 0.3 is 0 Å². The summed E-state index contributed by atoms with van der Waals surface area (Å²) in [5.41, 5.74) is 2.66. The first-order chi connectivity index (χ1) is 18.0. The lowest BCUT2D eigenvalue weighted by Crippen LogP contribution is -2.20. The van der Waals surface area contributed by atoms with Crippen LogP contribution in [0.25, 0.3) is 11.3 Å². The first kappa shape index (κ1) is 25.3. The first-order valence-corrected chi connectivity index (χ1v) is 13.8. The number of halogens is 2. The number of rotatable bonds is 6. The monoisotopic (exact) mass is 639 g/mol. The van der Waals surface area contributed by atoms with Crippen LogP contribution >= 0.6 is 43.2 Å². The number of thiophene rings is 1. The van der Waals surface area contributed by atoms with Crippen LogP contribution in [-0.4, -0.2) is 48.3 Å². The van der Waals surface area contributed by atoms with Crippen molar-refractivity contribution >= 4 is 66.1 Å². The van der Waals surface area contributed by atoms with E-state index < -0.39 is 0 Å². The van der Waals surface area contributed by atoms with E-state index in [0.717, 1.165) is 50.7 Å². The zero-order valence-corrected chi connectivity index (χ0v) is 24.1. The average Bonchev–Trinajstić information content (AvgIpc) is 3.66. The van der Waals surface area contributed by atoms with Crippen molar-refractivity contribution in [3.8, 4) is 0 Å². The molecule has 0 fully saturated rings. The Morgan fingerprint density at radius 2 is 1.35 bits per heavy atom. The standard InChI is InChI=1S/C13H12BrN5.C12H11BrN4S/c1-18(9-10-4-2-3-6-15-10)12-5-7-16-13-11(14)8-17-19(12)13;1-16(8-9-3-2-6-18-9)11-4-5-14-12-10(13)7-15-17(11)12/h2-8H,9H2,1H3;2-7H,8H2,1H3. The van der Waals surface area contributed by atoms with Crippen molar-refractivity contribution in [2.24, 2.45) is 0 Å². The van der Waals surface area contributed by atoms with Gasteiger partial charge in [-0.2, -0.15) is 19.2 Å². The summed E-state index contributed by atoms with van der Waals surface area (Å²) in [7, 11) is 4.07. The van der Waals surface area contributed by atoms with Gasteiger partial charge in [-0.15, -0.1) is 11.3 Å². The van der Waals surface area contributed by atoms with Gasteiger partial charge in [-0.1, -0.05) is 12.1 Å². The molecule has 0 spiro atoms. The van der Waals surface area contributed by atoms with E-state index in [2.05, 4.69) is 91.4 Å². The molecule has 188 valence electrons. The second kappa shape index (κ2) is 11.4. The highest BCUT2D eigenvalue weighted by atomic mass is 79.9. The highest BCUT2D eigenvalue weighted by Crippen LogP contribution is 2.23. The van der Waals surface area contributed by atoms with Crippen LogP contribution < -0.4 is 9.80 Å². The van der Waals surface area contributed by atoms with Crippen molar-refractivity contribution in [2.75, 3.05) is 23.9 Å². The molecule has 0 aliphatic carbocycles. The van der Waals surface area contributed by atoms with E-state index in [-0.39, 0.29) is 0 Å². The number of anilines is 2. The smallest absolute Gasteiger partial charge is 0.171 e. The van der Waals surface area contributed by atoms with E-state index in [1.807, 2.05) is 52.6 Å². The van der Waals surface area contributed by atoms with Crippen LogP contribution in [0.1, 0.15) is 10.6 Å². The quantitative estimate of drug-likeness (QED) is 0.231. The van der Waals surface area contributed by atoms with E-state index >= 15 is 0 Å². The molecular weight excluding hydrogens is 618 g/mol. The molecule has 0 bridgehead atoms. The summed E-state index contributed by atoms with van der Waals surface area (Å²) < 4.78 is 5.46. The van der Waals surface area contributed by atoms with Crippen LogP contribution in [0, 0.1) is 0 Å². The fourth-order valence-electron chi connectivity index (χ4n) is 3.81. The molecule has 0 radical (unpaired) electrons. The van der Waals surface area contributed by atoms with Crippen LogP contribution in [0.4, 0.5) is 11.6 Å². The predicted octanol–water partition coefficient (Wildman–Crippen LogP) is 5.71. The van der Waals surface area contributed by atoms with Crippen LogP contribution in [0.3, 0.4) is 0 Å². The molecule has 0 atom stereocenters. The molecule has 0 aromatic carbocycles. The van der Waals surface area contributed by atoms with Crippen molar-refractivity contribution < 1.29 is 0 Å². The molecule has 0 aliphatic rings. The Kier molecular flexibility index (Phi) is 7.77. The minimum atomic E-state index is 0.720. The molecule has 0 saturated heterocycles. The molecule has 6 heterocycles.